The van der Waals surface area contributed by atoms with Gasteiger partial charge >= 0.3 is 0 Å². The smallest absolute Gasteiger partial charge is 0.233 e. The Kier molecular flexibility index (Phi) is 5.38. The second kappa shape index (κ2) is 8.03. The third-order valence-electron chi connectivity index (χ3n) is 7.39. The maximum absolute atomic E-state index is 13.1. The first kappa shape index (κ1) is 20.1. The molecule has 4 bridgehead atoms. The lowest BCUT2D eigenvalue weighted by atomic mass is 9.53. The Bertz CT molecular complexity index is 874. The molecule has 0 spiro atoms. The number of rotatable bonds is 7. The normalized spacial score (nSPS) is 30.4. The van der Waals surface area contributed by atoms with Crippen LogP contribution < -0.4 is 5.32 Å². The molecule has 160 valence electrons. The molecule has 1 amide bonds. The third kappa shape index (κ3) is 3.91. The van der Waals surface area contributed by atoms with Crippen molar-refractivity contribution in [3.8, 4) is 0 Å². The van der Waals surface area contributed by atoms with Crippen LogP contribution in [0, 0.1) is 17.8 Å². The predicted octanol–water partition coefficient (Wildman–Crippen LogP) is 4.45. The Morgan fingerprint density at radius 3 is 2.37 bits per heavy atom. The van der Waals surface area contributed by atoms with Crippen molar-refractivity contribution in [3.63, 3.8) is 0 Å². The van der Waals surface area contributed by atoms with Crippen LogP contribution in [0.2, 0.25) is 0 Å². The molecular weight excluding hydrogens is 392 g/mol. The largest absolute Gasteiger partial charge is 0.350 e. The molecule has 6 heteroatoms. The molecule has 1 aromatic carbocycles. The predicted molar refractivity (Wildman–Crippen MR) is 119 cm³/mol. The molecule has 1 atom stereocenters. The zero-order valence-corrected chi connectivity index (χ0v) is 18.8. The van der Waals surface area contributed by atoms with Gasteiger partial charge in [-0.05, 0) is 75.7 Å². The van der Waals surface area contributed by atoms with E-state index in [0.717, 1.165) is 41.7 Å². The van der Waals surface area contributed by atoms with Crippen LogP contribution in [0.25, 0.3) is 0 Å². The number of aromatic nitrogens is 3. The van der Waals surface area contributed by atoms with Crippen LogP contribution >= 0.6 is 11.8 Å². The van der Waals surface area contributed by atoms with E-state index in [9.17, 15) is 4.79 Å². The minimum Gasteiger partial charge on any atom is -0.350 e. The molecule has 30 heavy (non-hydrogen) atoms. The minimum atomic E-state index is -0.169. The van der Waals surface area contributed by atoms with E-state index in [1.54, 1.807) is 11.8 Å². The summed E-state index contributed by atoms with van der Waals surface area (Å²) in [7, 11) is 0. The summed E-state index contributed by atoms with van der Waals surface area (Å²) in [4.78, 5) is 13.1. The van der Waals surface area contributed by atoms with Gasteiger partial charge in [0.15, 0.2) is 5.16 Å². The van der Waals surface area contributed by atoms with Crippen molar-refractivity contribution in [1.29, 1.82) is 0 Å². The lowest BCUT2D eigenvalue weighted by Crippen LogP contribution is -2.60. The average molecular weight is 425 g/mol. The monoisotopic (exact) mass is 424 g/mol. The van der Waals surface area contributed by atoms with Crippen LogP contribution in [0.5, 0.6) is 0 Å². The second-order valence-corrected chi connectivity index (χ2v) is 11.1. The van der Waals surface area contributed by atoms with Gasteiger partial charge in [-0.15, -0.1) is 10.2 Å². The first-order valence-electron chi connectivity index (χ1n) is 11.5. The van der Waals surface area contributed by atoms with Crippen molar-refractivity contribution in [3.05, 3.63) is 41.7 Å². The molecule has 1 unspecified atom stereocenters. The maximum atomic E-state index is 13.1. The summed E-state index contributed by atoms with van der Waals surface area (Å²) in [5.74, 6) is 3.63. The molecule has 4 aliphatic carbocycles. The Morgan fingerprint density at radius 1 is 1.13 bits per heavy atom. The first-order valence-corrected chi connectivity index (χ1v) is 12.4. The number of nitrogens with one attached hydrogen (secondary N) is 1. The van der Waals surface area contributed by atoms with Crippen molar-refractivity contribution < 1.29 is 4.79 Å². The summed E-state index contributed by atoms with van der Waals surface area (Å²) < 4.78 is 2.15. The lowest BCUT2D eigenvalue weighted by molar-refractivity contribution is -0.126. The van der Waals surface area contributed by atoms with E-state index in [2.05, 4.69) is 51.3 Å². The fourth-order valence-corrected chi connectivity index (χ4v) is 7.40. The van der Waals surface area contributed by atoms with E-state index in [1.807, 2.05) is 13.0 Å². The number of carbonyl (C=O) groups is 1. The van der Waals surface area contributed by atoms with E-state index < -0.39 is 0 Å². The van der Waals surface area contributed by atoms with Gasteiger partial charge in [0.05, 0.1) is 5.25 Å². The molecule has 0 radical (unpaired) electrons. The second-order valence-electron chi connectivity index (χ2n) is 9.75. The van der Waals surface area contributed by atoms with Crippen molar-refractivity contribution in [1.82, 2.24) is 20.1 Å². The molecule has 4 aliphatic rings. The van der Waals surface area contributed by atoms with Crippen molar-refractivity contribution in [2.45, 2.75) is 81.3 Å². The van der Waals surface area contributed by atoms with Gasteiger partial charge in [-0.1, -0.05) is 42.1 Å². The van der Waals surface area contributed by atoms with E-state index >= 15 is 0 Å². The van der Waals surface area contributed by atoms with E-state index in [-0.39, 0.29) is 16.7 Å². The lowest BCUT2D eigenvalue weighted by Gasteiger charge is -2.57. The number of hydrogen-bond donors (Lipinski definition) is 1. The summed E-state index contributed by atoms with van der Waals surface area (Å²) in [5.41, 5.74) is 1.29. The zero-order valence-electron chi connectivity index (χ0n) is 18.0. The summed E-state index contributed by atoms with van der Waals surface area (Å²) >= 11 is 1.54. The number of benzene rings is 1. The molecule has 1 N–H and O–H groups in total. The van der Waals surface area contributed by atoms with E-state index in [1.165, 1.54) is 44.1 Å². The molecule has 2 aromatic rings. The minimum absolute atomic E-state index is 0.0670. The molecule has 6 rings (SSSR count). The van der Waals surface area contributed by atoms with Crippen LogP contribution in [-0.2, 0) is 17.8 Å². The Labute approximate surface area is 183 Å². The van der Waals surface area contributed by atoms with Gasteiger partial charge in [0, 0.05) is 18.5 Å². The van der Waals surface area contributed by atoms with Gasteiger partial charge in [0.25, 0.3) is 0 Å². The molecule has 4 saturated carbocycles. The highest BCUT2D eigenvalue weighted by Gasteiger charge is 2.51. The van der Waals surface area contributed by atoms with Crippen LogP contribution in [0.4, 0.5) is 0 Å². The van der Waals surface area contributed by atoms with E-state index in [0.29, 0.717) is 0 Å². The maximum Gasteiger partial charge on any atom is 0.233 e. The Morgan fingerprint density at radius 2 is 1.77 bits per heavy atom. The first-order chi connectivity index (χ1) is 14.5. The summed E-state index contributed by atoms with van der Waals surface area (Å²) in [6.45, 7) is 4.93. The summed E-state index contributed by atoms with van der Waals surface area (Å²) in [6, 6.07) is 10.4. The SMILES string of the molecule is CCn1c(Cc2ccccc2)nnc1SC(C)C(=O)NC12CC3CC(CC(C3)C1)C2. The molecule has 0 aliphatic heterocycles. The van der Waals surface area contributed by atoms with Gasteiger partial charge in [-0.3, -0.25) is 4.79 Å². The standard InChI is InChI=1S/C24H32N4OS/c1-3-28-21(12-17-7-5-4-6-8-17)26-27-23(28)30-16(2)22(29)25-24-13-18-9-19(14-24)11-20(10-18)15-24/h4-8,16,18-20H,3,9-15H2,1-2H3,(H,25,29). The van der Waals surface area contributed by atoms with Gasteiger partial charge in [-0.2, -0.15) is 0 Å². The quantitative estimate of drug-likeness (QED) is 0.667. The molecule has 0 saturated heterocycles. The van der Waals surface area contributed by atoms with Crippen molar-refractivity contribution >= 4 is 17.7 Å². The summed E-state index contributed by atoms with van der Waals surface area (Å²) in [6.07, 6.45) is 8.50. The molecule has 4 fully saturated rings. The summed E-state index contributed by atoms with van der Waals surface area (Å²) in [5, 5.41) is 13.0. The topological polar surface area (TPSA) is 59.8 Å². The number of nitrogens with zero attached hydrogens (tertiary/aromatic N) is 3. The van der Waals surface area contributed by atoms with Gasteiger partial charge in [-0.25, -0.2) is 0 Å². The van der Waals surface area contributed by atoms with Crippen LogP contribution in [0.15, 0.2) is 35.5 Å². The number of carbonyl (C=O) groups excluding carboxylic acids is 1. The van der Waals surface area contributed by atoms with Gasteiger partial charge < -0.3 is 9.88 Å². The molecule has 5 nitrogen and oxygen atoms in total. The average Bonchev–Trinajstić information content (AvgIpc) is 3.08. The van der Waals surface area contributed by atoms with Crippen LogP contribution in [0.3, 0.4) is 0 Å². The number of hydrogen-bond acceptors (Lipinski definition) is 4. The molecule has 1 aromatic heterocycles. The fraction of sp³-hybridized carbons (Fsp3) is 0.625. The zero-order chi connectivity index (χ0) is 20.7. The van der Waals surface area contributed by atoms with Crippen molar-refractivity contribution in [2.75, 3.05) is 0 Å². The third-order valence-corrected chi connectivity index (χ3v) is 8.47. The number of amides is 1. The number of thioether (sulfide) groups is 1. The van der Waals surface area contributed by atoms with Crippen LogP contribution in [-0.4, -0.2) is 31.5 Å². The van der Waals surface area contributed by atoms with Crippen molar-refractivity contribution in [2.24, 2.45) is 17.8 Å². The van der Waals surface area contributed by atoms with E-state index in [4.69, 9.17) is 0 Å². The Balaban J connectivity index is 1.25. The molecule has 1 heterocycles. The highest BCUT2D eigenvalue weighted by molar-refractivity contribution is 8.00. The highest BCUT2D eigenvalue weighted by atomic mass is 32.2. The highest BCUT2D eigenvalue weighted by Crippen LogP contribution is 2.55. The van der Waals surface area contributed by atoms with Crippen LogP contribution in [0.1, 0.15) is 63.8 Å². The van der Waals surface area contributed by atoms with Gasteiger partial charge in [0.2, 0.25) is 5.91 Å². The molecular formula is C24H32N4OS. The Hall–Kier alpha value is -1.82. The fourth-order valence-electron chi connectivity index (χ4n) is 6.47. The van der Waals surface area contributed by atoms with Gasteiger partial charge in [0.1, 0.15) is 5.82 Å².